The lowest BCUT2D eigenvalue weighted by atomic mass is 10.1. The summed E-state index contributed by atoms with van der Waals surface area (Å²) in [5.74, 6) is 1.56. The Balaban J connectivity index is 1.51. The Morgan fingerprint density at radius 3 is 2.88 bits per heavy atom. The van der Waals surface area contributed by atoms with Crippen molar-refractivity contribution in [2.45, 2.75) is 32.6 Å². The van der Waals surface area contributed by atoms with E-state index in [1.807, 2.05) is 12.1 Å². The molecular weight excluding hydrogens is 298 g/mol. The summed E-state index contributed by atoms with van der Waals surface area (Å²) in [6.07, 6.45) is 8.45. The van der Waals surface area contributed by atoms with Gasteiger partial charge in [0.1, 0.15) is 5.82 Å². The maximum absolute atomic E-state index is 4.51. The third-order valence-electron chi connectivity index (χ3n) is 4.09. The first-order valence-electron chi connectivity index (χ1n) is 8.72. The van der Waals surface area contributed by atoms with Crippen LogP contribution in [0.2, 0.25) is 0 Å². The average molecular weight is 323 g/mol. The second-order valence-corrected chi connectivity index (χ2v) is 5.94. The van der Waals surface area contributed by atoms with Crippen LogP contribution in [0.5, 0.6) is 0 Å². The highest BCUT2D eigenvalue weighted by Crippen LogP contribution is 2.18. The number of nitrogens with zero attached hydrogens (tertiary/aromatic N) is 2. The minimum absolute atomic E-state index is 0.676. The van der Waals surface area contributed by atoms with Gasteiger partial charge in [0.25, 0.3) is 0 Å². The van der Waals surface area contributed by atoms with E-state index in [4.69, 9.17) is 0 Å². The molecule has 0 aliphatic heterocycles. The fraction of sp³-hybridized carbons (Fsp3) is 0.368. The van der Waals surface area contributed by atoms with E-state index in [2.05, 4.69) is 56.9 Å². The molecule has 24 heavy (non-hydrogen) atoms. The van der Waals surface area contributed by atoms with Crippen LogP contribution in [0.4, 0.5) is 11.8 Å². The Labute approximate surface area is 142 Å². The van der Waals surface area contributed by atoms with Gasteiger partial charge in [-0.05, 0) is 30.5 Å². The molecule has 3 aromatic rings. The Morgan fingerprint density at radius 2 is 1.96 bits per heavy atom. The molecule has 0 amide bonds. The van der Waals surface area contributed by atoms with E-state index in [0.29, 0.717) is 5.95 Å². The third kappa shape index (κ3) is 4.25. The number of rotatable bonds is 9. The zero-order valence-electron chi connectivity index (χ0n) is 14.2. The lowest BCUT2D eigenvalue weighted by Gasteiger charge is -2.08. The maximum atomic E-state index is 4.51. The van der Waals surface area contributed by atoms with Gasteiger partial charge in [0.15, 0.2) is 0 Å². The van der Waals surface area contributed by atoms with Gasteiger partial charge < -0.3 is 15.6 Å². The lowest BCUT2D eigenvalue weighted by molar-refractivity contribution is 0.742. The topological polar surface area (TPSA) is 65.6 Å². The first-order chi connectivity index (χ1) is 11.9. The number of aromatic nitrogens is 3. The molecule has 5 nitrogen and oxygen atoms in total. The van der Waals surface area contributed by atoms with Crippen LogP contribution < -0.4 is 10.6 Å². The first-order valence-corrected chi connectivity index (χ1v) is 8.72. The Morgan fingerprint density at radius 1 is 1.04 bits per heavy atom. The van der Waals surface area contributed by atoms with E-state index < -0.39 is 0 Å². The zero-order valence-corrected chi connectivity index (χ0v) is 14.2. The van der Waals surface area contributed by atoms with Gasteiger partial charge in [-0.1, -0.05) is 38.0 Å². The van der Waals surface area contributed by atoms with Crippen LogP contribution in [0.1, 0.15) is 31.7 Å². The highest BCUT2D eigenvalue weighted by Gasteiger charge is 2.03. The Bertz CT molecular complexity index is 765. The number of aromatic amines is 1. The number of H-pyrrole nitrogens is 1. The van der Waals surface area contributed by atoms with E-state index >= 15 is 0 Å². The fourth-order valence-corrected chi connectivity index (χ4v) is 2.78. The van der Waals surface area contributed by atoms with Crippen molar-refractivity contribution in [2.75, 3.05) is 23.7 Å². The monoisotopic (exact) mass is 323 g/mol. The van der Waals surface area contributed by atoms with Gasteiger partial charge >= 0.3 is 0 Å². The number of nitrogens with one attached hydrogen (secondary N) is 3. The fourth-order valence-electron chi connectivity index (χ4n) is 2.78. The molecule has 0 radical (unpaired) electrons. The summed E-state index contributed by atoms with van der Waals surface area (Å²) < 4.78 is 0. The molecule has 5 heteroatoms. The molecule has 0 bridgehead atoms. The summed E-state index contributed by atoms with van der Waals surface area (Å²) in [6.45, 7) is 3.97. The Hall–Kier alpha value is -2.56. The number of anilines is 2. The molecule has 0 saturated carbocycles. The summed E-state index contributed by atoms with van der Waals surface area (Å²) in [5, 5.41) is 7.95. The van der Waals surface area contributed by atoms with Crippen molar-refractivity contribution in [3.8, 4) is 0 Å². The molecule has 0 unspecified atom stereocenters. The van der Waals surface area contributed by atoms with Gasteiger partial charge in [-0.3, -0.25) is 0 Å². The SMILES string of the molecule is CCCCCNc1ccnc(NCCc2c[nH]c3ccccc23)n1. The van der Waals surface area contributed by atoms with Crippen molar-refractivity contribution in [1.82, 2.24) is 15.0 Å². The van der Waals surface area contributed by atoms with E-state index in [9.17, 15) is 0 Å². The van der Waals surface area contributed by atoms with E-state index in [-0.39, 0.29) is 0 Å². The number of benzene rings is 1. The van der Waals surface area contributed by atoms with E-state index in [1.165, 1.54) is 35.7 Å². The minimum Gasteiger partial charge on any atom is -0.370 e. The van der Waals surface area contributed by atoms with Gasteiger partial charge in [0.2, 0.25) is 5.95 Å². The van der Waals surface area contributed by atoms with Crippen LogP contribution in [0.25, 0.3) is 10.9 Å². The van der Waals surface area contributed by atoms with Crippen molar-refractivity contribution in [2.24, 2.45) is 0 Å². The average Bonchev–Trinajstić information content (AvgIpc) is 3.03. The second-order valence-electron chi connectivity index (χ2n) is 5.94. The van der Waals surface area contributed by atoms with Crippen molar-refractivity contribution in [1.29, 1.82) is 0 Å². The normalized spacial score (nSPS) is 10.9. The van der Waals surface area contributed by atoms with Crippen molar-refractivity contribution >= 4 is 22.7 Å². The van der Waals surface area contributed by atoms with Crippen LogP contribution in [0.3, 0.4) is 0 Å². The lowest BCUT2D eigenvalue weighted by Crippen LogP contribution is -2.10. The van der Waals surface area contributed by atoms with Gasteiger partial charge in [0, 0.05) is 36.4 Å². The highest BCUT2D eigenvalue weighted by atomic mass is 15.1. The van der Waals surface area contributed by atoms with Gasteiger partial charge in [-0.15, -0.1) is 0 Å². The standard InChI is InChI=1S/C19H25N5/c1-2-3-6-11-20-18-10-13-22-19(24-18)21-12-9-15-14-23-17-8-5-4-7-16(15)17/h4-5,7-8,10,13-14,23H,2-3,6,9,11-12H2,1H3,(H2,20,21,22,24). The maximum Gasteiger partial charge on any atom is 0.224 e. The third-order valence-corrected chi connectivity index (χ3v) is 4.09. The second kappa shape index (κ2) is 8.34. The molecule has 0 fully saturated rings. The molecule has 0 saturated heterocycles. The predicted octanol–water partition coefficient (Wildman–Crippen LogP) is 4.21. The Kier molecular flexibility index (Phi) is 5.66. The zero-order chi connectivity index (χ0) is 16.6. The van der Waals surface area contributed by atoms with Crippen LogP contribution >= 0.6 is 0 Å². The van der Waals surface area contributed by atoms with Gasteiger partial charge in [-0.25, -0.2) is 4.98 Å². The van der Waals surface area contributed by atoms with Gasteiger partial charge in [-0.2, -0.15) is 4.98 Å². The van der Waals surface area contributed by atoms with Crippen molar-refractivity contribution in [3.05, 3.63) is 48.3 Å². The quantitative estimate of drug-likeness (QED) is 0.516. The summed E-state index contributed by atoms with van der Waals surface area (Å²) in [6, 6.07) is 10.3. The molecule has 126 valence electrons. The number of hydrogen-bond donors (Lipinski definition) is 3. The molecule has 3 rings (SSSR count). The van der Waals surface area contributed by atoms with Crippen molar-refractivity contribution < 1.29 is 0 Å². The van der Waals surface area contributed by atoms with Crippen LogP contribution in [-0.2, 0) is 6.42 Å². The molecule has 2 heterocycles. The molecule has 1 aromatic carbocycles. The molecule has 2 aromatic heterocycles. The molecule has 0 aliphatic rings. The number of hydrogen-bond acceptors (Lipinski definition) is 4. The summed E-state index contributed by atoms with van der Waals surface area (Å²) in [4.78, 5) is 12.1. The van der Waals surface area contributed by atoms with Crippen LogP contribution in [0.15, 0.2) is 42.7 Å². The molecule has 0 atom stereocenters. The molecule has 0 spiro atoms. The molecule has 3 N–H and O–H groups in total. The largest absolute Gasteiger partial charge is 0.370 e. The van der Waals surface area contributed by atoms with E-state index in [0.717, 1.165) is 25.3 Å². The first kappa shape index (κ1) is 16.3. The van der Waals surface area contributed by atoms with Crippen molar-refractivity contribution in [3.63, 3.8) is 0 Å². The summed E-state index contributed by atoms with van der Waals surface area (Å²) in [7, 11) is 0. The summed E-state index contributed by atoms with van der Waals surface area (Å²) >= 11 is 0. The number of fused-ring (bicyclic) bond motifs is 1. The van der Waals surface area contributed by atoms with Crippen LogP contribution in [-0.4, -0.2) is 28.0 Å². The molecular formula is C19H25N5. The molecule has 0 aliphatic carbocycles. The smallest absolute Gasteiger partial charge is 0.224 e. The van der Waals surface area contributed by atoms with Gasteiger partial charge in [0.05, 0.1) is 0 Å². The van der Waals surface area contributed by atoms with Crippen LogP contribution in [0, 0.1) is 0 Å². The predicted molar refractivity (Wildman–Crippen MR) is 101 cm³/mol. The number of para-hydroxylation sites is 1. The number of unbranched alkanes of at least 4 members (excludes halogenated alkanes) is 2. The van der Waals surface area contributed by atoms with E-state index in [1.54, 1.807) is 6.20 Å². The highest BCUT2D eigenvalue weighted by molar-refractivity contribution is 5.83. The summed E-state index contributed by atoms with van der Waals surface area (Å²) in [5.41, 5.74) is 2.49. The minimum atomic E-state index is 0.676.